The number of hydrogen-bond donors (Lipinski definition) is 2. The Morgan fingerprint density at radius 1 is 1.39 bits per heavy atom. The van der Waals surface area contributed by atoms with Crippen molar-refractivity contribution < 1.29 is 15.0 Å². The minimum atomic E-state index is -0.469. The maximum atomic E-state index is 12.0. The first-order valence-electron chi connectivity index (χ1n) is 8.80. The average molecular weight is 318 g/mol. The van der Waals surface area contributed by atoms with Gasteiger partial charge in [0.25, 0.3) is 0 Å². The highest BCUT2D eigenvalue weighted by Gasteiger charge is 2.49. The molecule has 2 fully saturated rings. The first-order valence-corrected chi connectivity index (χ1v) is 8.80. The highest BCUT2D eigenvalue weighted by molar-refractivity contribution is 5.99. The second kappa shape index (κ2) is 8.07. The van der Waals surface area contributed by atoms with Crippen LogP contribution in [0.15, 0.2) is 36.0 Å². The quantitative estimate of drug-likeness (QED) is 0.428. The van der Waals surface area contributed by atoms with E-state index in [2.05, 4.69) is 26.5 Å². The number of aliphatic hydroxyl groups excluding tert-OH is 2. The molecule has 2 rings (SSSR count). The van der Waals surface area contributed by atoms with Gasteiger partial charge in [-0.2, -0.15) is 0 Å². The Morgan fingerprint density at radius 2 is 2.13 bits per heavy atom. The number of carbonyl (C=O) groups is 1. The van der Waals surface area contributed by atoms with Gasteiger partial charge < -0.3 is 10.2 Å². The number of aliphatic hydroxyl groups is 2. The second-order valence-electron chi connectivity index (χ2n) is 7.34. The lowest BCUT2D eigenvalue weighted by molar-refractivity contribution is -0.118. The van der Waals surface area contributed by atoms with Gasteiger partial charge in [0.2, 0.25) is 0 Å². The smallest absolute Gasteiger partial charge is 0.161 e. The molecule has 2 aliphatic rings. The van der Waals surface area contributed by atoms with Crippen molar-refractivity contribution in [3.63, 3.8) is 0 Å². The monoisotopic (exact) mass is 318 g/mol. The molecule has 0 aromatic rings. The van der Waals surface area contributed by atoms with Crippen LogP contribution in [-0.4, -0.2) is 28.2 Å². The summed E-state index contributed by atoms with van der Waals surface area (Å²) in [6.45, 7) is 8.03. The standard InChI is InChI=1S/C20H30O3/c1-13(2)7-5-4-6-8-15(21)9-10-16-17-11-14(3)20(23)18(17)12-19(16)22/h7,9-10,15-19,21-22H,3-6,8,11-12H2,1-2H3/t15-,16-,17-,18-,19+/m0/s1. The van der Waals surface area contributed by atoms with Gasteiger partial charge in [0.15, 0.2) is 5.78 Å². The molecule has 0 aliphatic heterocycles. The molecule has 5 atom stereocenters. The summed E-state index contributed by atoms with van der Waals surface area (Å²) in [5.74, 6) is 0.216. The van der Waals surface area contributed by atoms with Crippen molar-refractivity contribution in [1.29, 1.82) is 0 Å². The summed E-state index contributed by atoms with van der Waals surface area (Å²) in [7, 11) is 0. The molecule has 0 spiro atoms. The summed E-state index contributed by atoms with van der Waals surface area (Å²) in [5, 5.41) is 20.3. The Morgan fingerprint density at radius 3 is 2.83 bits per heavy atom. The average Bonchev–Trinajstić information content (AvgIpc) is 2.93. The Kier molecular flexibility index (Phi) is 6.37. The molecule has 23 heavy (non-hydrogen) atoms. The molecule has 2 N–H and O–H groups in total. The fourth-order valence-corrected chi connectivity index (χ4v) is 3.89. The number of unbranched alkanes of at least 4 members (excludes halogenated alkanes) is 2. The van der Waals surface area contributed by atoms with Crippen molar-refractivity contribution in [2.24, 2.45) is 17.8 Å². The van der Waals surface area contributed by atoms with Gasteiger partial charge in [-0.15, -0.1) is 0 Å². The largest absolute Gasteiger partial charge is 0.392 e. The van der Waals surface area contributed by atoms with Crippen LogP contribution in [-0.2, 0) is 4.79 Å². The van der Waals surface area contributed by atoms with E-state index in [1.807, 2.05) is 12.2 Å². The van der Waals surface area contributed by atoms with Crippen molar-refractivity contribution >= 4 is 5.78 Å². The van der Waals surface area contributed by atoms with Crippen LogP contribution in [0.3, 0.4) is 0 Å². The van der Waals surface area contributed by atoms with Crippen molar-refractivity contribution in [3.8, 4) is 0 Å². The number of fused-ring (bicyclic) bond motifs is 1. The van der Waals surface area contributed by atoms with E-state index in [0.29, 0.717) is 18.4 Å². The zero-order chi connectivity index (χ0) is 17.0. The van der Waals surface area contributed by atoms with E-state index in [9.17, 15) is 15.0 Å². The van der Waals surface area contributed by atoms with Crippen molar-refractivity contribution in [2.75, 3.05) is 0 Å². The molecule has 0 unspecified atom stereocenters. The highest BCUT2D eigenvalue weighted by atomic mass is 16.3. The maximum Gasteiger partial charge on any atom is 0.161 e. The Balaban J connectivity index is 1.79. The lowest BCUT2D eigenvalue weighted by atomic mass is 9.90. The molecule has 128 valence electrons. The summed E-state index contributed by atoms with van der Waals surface area (Å²) in [4.78, 5) is 12.0. The third-order valence-electron chi connectivity index (χ3n) is 5.18. The van der Waals surface area contributed by atoms with E-state index in [1.54, 1.807) is 0 Å². The summed E-state index contributed by atoms with van der Waals surface area (Å²) < 4.78 is 0. The minimum absolute atomic E-state index is 0.0245. The van der Waals surface area contributed by atoms with Crippen LogP contribution in [0.1, 0.15) is 52.4 Å². The lowest BCUT2D eigenvalue weighted by Crippen LogP contribution is -2.17. The lowest BCUT2D eigenvalue weighted by Gasteiger charge is -2.17. The Hall–Kier alpha value is -1.19. The summed E-state index contributed by atoms with van der Waals surface area (Å²) >= 11 is 0. The molecule has 2 aliphatic carbocycles. The van der Waals surface area contributed by atoms with Crippen molar-refractivity contribution in [3.05, 3.63) is 36.0 Å². The normalized spacial score (nSPS) is 31.7. The minimum Gasteiger partial charge on any atom is -0.392 e. The molecule has 0 radical (unpaired) electrons. The molecule has 0 aromatic carbocycles. The van der Waals surface area contributed by atoms with Crippen LogP contribution in [0.2, 0.25) is 0 Å². The van der Waals surface area contributed by atoms with E-state index in [-0.39, 0.29) is 23.5 Å². The van der Waals surface area contributed by atoms with Gasteiger partial charge in [-0.1, -0.05) is 36.8 Å². The molecule has 3 nitrogen and oxygen atoms in total. The zero-order valence-corrected chi connectivity index (χ0v) is 14.4. The van der Waals surface area contributed by atoms with Crippen LogP contribution >= 0.6 is 0 Å². The van der Waals surface area contributed by atoms with Gasteiger partial charge in [0.1, 0.15) is 0 Å². The van der Waals surface area contributed by atoms with Crippen molar-refractivity contribution in [1.82, 2.24) is 0 Å². The van der Waals surface area contributed by atoms with E-state index in [1.165, 1.54) is 5.57 Å². The number of rotatable bonds is 7. The molecular formula is C20H30O3. The summed E-state index contributed by atoms with van der Waals surface area (Å²) in [6, 6.07) is 0. The number of allylic oxidation sites excluding steroid dienone is 3. The Bertz CT molecular complexity index is 499. The van der Waals surface area contributed by atoms with Crippen LogP contribution in [0.25, 0.3) is 0 Å². The third kappa shape index (κ3) is 4.65. The second-order valence-corrected chi connectivity index (χ2v) is 7.34. The van der Waals surface area contributed by atoms with Crippen LogP contribution in [0.5, 0.6) is 0 Å². The van der Waals surface area contributed by atoms with Gasteiger partial charge in [0, 0.05) is 11.8 Å². The first-order chi connectivity index (χ1) is 10.9. The van der Waals surface area contributed by atoms with E-state index in [4.69, 9.17) is 0 Å². The molecule has 0 bridgehead atoms. The molecule has 3 heteroatoms. The summed E-state index contributed by atoms with van der Waals surface area (Å²) in [6.07, 6.45) is 10.1. The maximum absolute atomic E-state index is 12.0. The molecule has 0 amide bonds. The van der Waals surface area contributed by atoms with Crippen molar-refractivity contribution in [2.45, 2.75) is 64.6 Å². The highest BCUT2D eigenvalue weighted by Crippen LogP contribution is 2.48. The predicted octanol–water partition coefficient (Wildman–Crippen LogP) is 3.57. The fourth-order valence-electron chi connectivity index (χ4n) is 3.89. The van der Waals surface area contributed by atoms with Gasteiger partial charge in [-0.3, -0.25) is 4.79 Å². The third-order valence-corrected chi connectivity index (χ3v) is 5.18. The Labute approximate surface area is 139 Å². The van der Waals surface area contributed by atoms with Gasteiger partial charge >= 0.3 is 0 Å². The first kappa shape index (κ1) is 18.2. The molecule has 0 heterocycles. The topological polar surface area (TPSA) is 57.5 Å². The number of hydrogen-bond acceptors (Lipinski definition) is 3. The zero-order valence-electron chi connectivity index (χ0n) is 14.4. The van der Waals surface area contributed by atoms with Crippen LogP contribution in [0.4, 0.5) is 0 Å². The van der Waals surface area contributed by atoms with E-state index < -0.39 is 12.2 Å². The van der Waals surface area contributed by atoms with Crippen LogP contribution in [0, 0.1) is 17.8 Å². The van der Waals surface area contributed by atoms with Gasteiger partial charge in [-0.25, -0.2) is 0 Å². The number of ketones is 1. The van der Waals surface area contributed by atoms with E-state index in [0.717, 1.165) is 25.7 Å². The number of carbonyl (C=O) groups excluding carboxylic acids is 1. The molecule has 0 saturated heterocycles. The number of Topliss-reactive ketones (excluding diaryl/α,β-unsaturated/α-hetero) is 1. The van der Waals surface area contributed by atoms with Gasteiger partial charge in [-0.05, 0) is 57.4 Å². The van der Waals surface area contributed by atoms with Crippen LogP contribution < -0.4 is 0 Å². The molecule has 2 saturated carbocycles. The summed E-state index contributed by atoms with van der Waals surface area (Å²) in [5.41, 5.74) is 2.04. The van der Waals surface area contributed by atoms with Gasteiger partial charge in [0.05, 0.1) is 12.2 Å². The fraction of sp³-hybridized carbons (Fsp3) is 0.650. The molecule has 0 aromatic heterocycles. The molecular weight excluding hydrogens is 288 g/mol. The SMILES string of the molecule is C=C1C[C@H]2[C@H](C=C[C@@H](O)CCCCC=C(C)C)[C@H](O)C[C@@H]2C1=O. The van der Waals surface area contributed by atoms with E-state index >= 15 is 0 Å². The predicted molar refractivity (Wildman–Crippen MR) is 92.9 cm³/mol.